The molecule has 2 N–H and O–H groups in total. The van der Waals surface area contributed by atoms with Gasteiger partial charge >= 0.3 is 0 Å². The highest BCUT2D eigenvalue weighted by Crippen LogP contribution is 2.37. The van der Waals surface area contributed by atoms with E-state index in [1.165, 1.54) is 19.2 Å². The van der Waals surface area contributed by atoms with E-state index in [1.54, 1.807) is 0 Å². The van der Waals surface area contributed by atoms with Gasteiger partial charge in [-0.25, -0.2) is 14.6 Å². The maximum atomic E-state index is 6.30. The molecule has 2 fully saturated rings. The summed E-state index contributed by atoms with van der Waals surface area (Å²) in [7, 11) is 0. The summed E-state index contributed by atoms with van der Waals surface area (Å²) < 4.78 is 13.0. The van der Waals surface area contributed by atoms with E-state index >= 15 is 0 Å². The lowest BCUT2D eigenvalue weighted by Crippen LogP contribution is -2.45. The van der Waals surface area contributed by atoms with E-state index in [-0.39, 0.29) is 0 Å². The number of nitrogens with two attached hydrogens (primary N) is 1. The Bertz CT molecular complexity index is 1220. The largest absolute Gasteiger partial charge is 0.453 e. The first kappa shape index (κ1) is 18.8. The summed E-state index contributed by atoms with van der Waals surface area (Å²) in [5, 5.41) is 6.84. The fourth-order valence-corrected chi connectivity index (χ4v) is 5.12. The number of rotatable bonds is 3. The van der Waals surface area contributed by atoms with E-state index < -0.39 is 0 Å². The maximum Gasteiger partial charge on any atom is 0.170 e. The number of anilines is 1. The second-order valence-electron chi connectivity index (χ2n) is 8.48. The van der Waals surface area contributed by atoms with Crippen LogP contribution in [0.4, 0.5) is 5.82 Å². The molecule has 0 spiro atoms. The summed E-state index contributed by atoms with van der Waals surface area (Å²) in [5.74, 6) is 0.465. The Hall–Kier alpha value is -2.97. The molecule has 0 unspecified atom stereocenters. The van der Waals surface area contributed by atoms with Gasteiger partial charge in [0.05, 0.1) is 24.6 Å². The van der Waals surface area contributed by atoms with Gasteiger partial charge in [0.25, 0.3) is 0 Å². The summed E-state index contributed by atoms with van der Waals surface area (Å²) in [6, 6.07) is 8.80. The number of hydrogen-bond donors (Lipinski definition) is 1. The summed E-state index contributed by atoms with van der Waals surface area (Å²) in [5.41, 5.74) is 9.73. The SMILES string of the molecule is Nc1ncnc2c1c(-c1ccc3o[c]cc3c1)nn2[C@H]1CC[C@H](N2CCOCC2)CC1. The number of benzene rings is 1. The van der Waals surface area contributed by atoms with Crippen molar-refractivity contribution in [2.45, 2.75) is 37.8 Å². The van der Waals surface area contributed by atoms with Crippen molar-refractivity contribution in [2.24, 2.45) is 0 Å². The summed E-state index contributed by atoms with van der Waals surface area (Å²) in [6.07, 6.45) is 8.82. The van der Waals surface area contributed by atoms with Crippen LogP contribution in [0, 0.1) is 6.26 Å². The summed E-state index contributed by atoms with van der Waals surface area (Å²) in [6.45, 7) is 3.79. The molecule has 1 saturated carbocycles. The number of ether oxygens (including phenoxy) is 1. The lowest BCUT2D eigenvalue weighted by Gasteiger charge is -2.38. The molecule has 0 bridgehead atoms. The van der Waals surface area contributed by atoms with Gasteiger partial charge < -0.3 is 14.9 Å². The zero-order valence-corrected chi connectivity index (χ0v) is 17.3. The van der Waals surface area contributed by atoms with Crippen molar-refractivity contribution >= 4 is 27.8 Å². The number of aromatic nitrogens is 4. The number of hydrogen-bond acceptors (Lipinski definition) is 7. The minimum atomic E-state index is 0.314. The van der Waals surface area contributed by atoms with Crippen LogP contribution in [0.25, 0.3) is 33.3 Å². The minimum Gasteiger partial charge on any atom is -0.453 e. The van der Waals surface area contributed by atoms with Crippen LogP contribution in [0.2, 0.25) is 0 Å². The first-order chi connectivity index (χ1) is 15.3. The number of nitrogens with zero attached hydrogens (tertiary/aromatic N) is 5. The summed E-state index contributed by atoms with van der Waals surface area (Å²) in [4.78, 5) is 11.4. The van der Waals surface area contributed by atoms with Crippen molar-refractivity contribution in [3.8, 4) is 11.3 Å². The second kappa shape index (κ2) is 7.62. The minimum absolute atomic E-state index is 0.314. The fourth-order valence-electron chi connectivity index (χ4n) is 5.12. The molecule has 8 nitrogen and oxygen atoms in total. The Morgan fingerprint density at radius 2 is 1.84 bits per heavy atom. The number of nitrogen functional groups attached to an aromatic ring is 1. The average Bonchev–Trinajstić information content (AvgIpc) is 3.45. The number of fused-ring (bicyclic) bond motifs is 2. The predicted octanol–water partition coefficient (Wildman–Crippen LogP) is 3.44. The maximum absolute atomic E-state index is 6.30. The van der Waals surface area contributed by atoms with Crippen LogP contribution in [-0.2, 0) is 4.74 Å². The fraction of sp³-hybridized carbons (Fsp3) is 0.435. The third-order valence-electron chi connectivity index (χ3n) is 6.76. The highest BCUT2D eigenvalue weighted by Gasteiger charge is 2.30. The molecule has 4 aromatic rings. The van der Waals surface area contributed by atoms with Crippen molar-refractivity contribution in [1.82, 2.24) is 24.6 Å². The zero-order valence-electron chi connectivity index (χ0n) is 17.3. The molecule has 1 saturated heterocycles. The molecule has 2 aliphatic rings. The third-order valence-corrected chi connectivity index (χ3v) is 6.76. The van der Waals surface area contributed by atoms with Crippen molar-refractivity contribution in [3.63, 3.8) is 0 Å². The molecule has 1 aliphatic heterocycles. The molecule has 31 heavy (non-hydrogen) atoms. The molecule has 4 heterocycles. The Morgan fingerprint density at radius 3 is 2.68 bits per heavy atom. The van der Waals surface area contributed by atoms with Gasteiger partial charge in [-0.3, -0.25) is 4.90 Å². The van der Waals surface area contributed by atoms with Gasteiger partial charge in [-0.2, -0.15) is 5.10 Å². The molecule has 1 aromatic carbocycles. The molecule has 0 atom stereocenters. The van der Waals surface area contributed by atoms with Gasteiger partial charge in [0.15, 0.2) is 11.9 Å². The van der Waals surface area contributed by atoms with E-state index in [9.17, 15) is 0 Å². The molecule has 3 aromatic heterocycles. The molecule has 0 amide bonds. The van der Waals surface area contributed by atoms with Gasteiger partial charge in [0, 0.05) is 30.1 Å². The van der Waals surface area contributed by atoms with E-state index in [2.05, 4.69) is 31.9 Å². The Balaban J connectivity index is 1.34. The Morgan fingerprint density at radius 1 is 1.03 bits per heavy atom. The van der Waals surface area contributed by atoms with Gasteiger partial charge in [-0.05, 0) is 49.9 Å². The van der Waals surface area contributed by atoms with Crippen LogP contribution in [-0.4, -0.2) is 57.0 Å². The van der Waals surface area contributed by atoms with Crippen LogP contribution >= 0.6 is 0 Å². The first-order valence-corrected chi connectivity index (χ1v) is 11.0. The first-order valence-electron chi connectivity index (χ1n) is 11.0. The molecule has 8 heteroatoms. The molecule has 1 radical (unpaired) electrons. The van der Waals surface area contributed by atoms with Gasteiger partial charge in [0.1, 0.15) is 23.4 Å². The predicted molar refractivity (Wildman–Crippen MR) is 117 cm³/mol. The van der Waals surface area contributed by atoms with E-state index in [1.807, 2.05) is 18.2 Å². The lowest BCUT2D eigenvalue weighted by molar-refractivity contribution is 0.00520. The average molecular weight is 417 g/mol. The lowest BCUT2D eigenvalue weighted by atomic mass is 9.90. The molecule has 159 valence electrons. The third kappa shape index (κ3) is 3.26. The number of furan rings is 1. The van der Waals surface area contributed by atoms with Crippen molar-refractivity contribution in [2.75, 3.05) is 32.0 Å². The molecule has 6 rings (SSSR count). The van der Waals surface area contributed by atoms with E-state index in [0.717, 1.165) is 72.4 Å². The van der Waals surface area contributed by atoms with E-state index in [0.29, 0.717) is 17.9 Å². The molecular formula is C23H25N6O2. The zero-order chi connectivity index (χ0) is 20.8. The Labute approximate surface area is 180 Å². The van der Waals surface area contributed by atoms with Crippen LogP contribution in [0.1, 0.15) is 31.7 Å². The van der Waals surface area contributed by atoms with Crippen LogP contribution in [0.3, 0.4) is 0 Å². The Kier molecular flexibility index (Phi) is 4.61. The van der Waals surface area contributed by atoms with Crippen LogP contribution in [0.15, 0.2) is 35.0 Å². The van der Waals surface area contributed by atoms with Crippen molar-refractivity contribution in [3.05, 3.63) is 36.9 Å². The summed E-state index contributed by atoms with van der Waals surface area (Å²) >= 11 is 0. The van der Waals surface area contributed by atoms with Crippen molar-refractivity contribution in [1.29, 1.82) is 0 Å². The standard InChI is InChI=1S/C23H25N6O2/c24-22-20-21(16-1-6-19-15(13-16)7-10-31-19)27-29(23(20)26-14-25-22)18-4-2-17(3-5-18)28-8-11-30-12-9-28/h1,6-7,13-14,17-18H,2-5,8-9,11-12H2,(H2,24,25,26)/t17-,18-. The van der Waals surface area contributed by atoms with Gasteiger partial charge in [0.2, 0.25) is 0 Å². The quantitative estimate of drug-likeness (QED) is 0.545. The highest BCUT2D eigenvalue weighted by molar-refractivity contribution is 5.99. The van der Waals surface area contributed by atoms with Crippen LogP contribution < -0.4 is 5.73 Å². The number of morpholine rings is 1. The van der Waals surface area contributed by atoms with E-state index in [4.69, 9.17) is 20.0 Å². The highest BCUT2D eigenvalue weighted by atomic mass is 16.5. The normalized spacial score (nSPS) is 23.0. The topological polar surface area (TPSA) is 95.2 Å². The smallest absolute Gasteiger partial charge is 0.170 e. The molecule has 1 aliphatic carbocycles. The second-order valence-corrected chi connectivity index (χ2v) is 8.48. The van der Waals surface area contributed by atoms with Crippen molar-refractivity contribution < 1.29 is 9.15 Å². The van der Waals surface area contributed by atoms with Crippen LogP contribution in [0.5, 0.6) is 0 Å². The van der Waals surface area contributed by atoms with Gasteiger partial charge in [-0.15, -0.1) is 0 Å². The van der Waals surface area contributed by atoms with Gasteiger partial charge in [-0.1, -0.05) is 0 Å². The monoisotopic (exact) mass is 417 g/mol. The molecular weight excluding hydrogens is 392 g/mol.